The normalized spacial score (nSPS) is 31.7. The van der Waals surface area contributed by atoms with E-state index in [2.05, 4.69) is 11.0 Å². The molecule has 1 aromatic carbocycles. The van der Waals surface area contributed by atoms with Gasteiger partial charge in [0.2, 0.25) is 6.41 Å². The third-order valence-electron chi connectivity index (χ3n) is 6.55. The number of benzene rings is 1. The Morgan fingerprint density at radius 3 is 2.81 bits per heavy atom. The molecule has 3 fully saturated rings. The lowest BCUT2D eigenvalue weighted by Crippen LogP contribution is -2.57. The molecular formula is C20H24ClN3O2. The second kappa shape index (κ2) is 6.17. The minimum absolute atomic E-state index is 0.168. The average molecular weight is 374 g/mol. The van der Waals surface area contributed by atoms with Crippen molar-refractivity contribution in [3.8, 4) is 5.75 Å². The molecule has 4 aliphatic heterocycles. The predicted molar refractivity (Wildman–Crippen MR) is 104 cm³/mol. The molecule has 26 heavy (non-hydrogen) atoms. The number of ether oxygens (including phenoxy) is 1. The van der Waals surface area contributed by atoms with Crippen LogP contribution in [0.15, 0.2) is 12.1 Å². The number of hydrogen-bond donors (Lipinski definition) is 1. The number of halogens is 1. The summed E-state index contributed by atoms with van der Waals surface area (Å²) in [5, 5.41) is 0.500. The largest absolute Gasteiger partial charge is 0.487 e. The maximum absolute atomic E-state index is 12.2. The van der Waals surface area contributed by atoms with Gasteiger partial charge >= 0.3 is 0 Å². The summed E-state index contributed by atoms with van der Waals surface area (Å²) >= 11 is 6.49. The van der Waals surface area contributed by atoms with Crippen molar-refractivity contribution in [2.75, 3.05) is 30.3 Å². The van der Waals surface area contributed by atoms with Crippen LogP contribution < -0.4 is 15.4 Å². The smallest absolute Gasteiger partial charge is 0.214 e. The molecule has 3 saturated heterocycles. The Hall–Kier alpha value is -1.72. The molecule has 2 N–H and O–H groups in total. The first-order chi connectivity index (χ1) is 12.7. The van der Waals surface area contributed by atoms with E-state index in [0.717, 1.165) is 75.1 Å². The van der Waals surface area contributed by atoms with Gasteiger partial charge in [-0.3, -0.25) is 4.79 Å². The second-order valence-corrected chi connectivity index (χ2v) is 8.37. The molecule has 6 heteroatoms. The monoisotopic (exact) mass is 373 g/mol. The van der Waals surface area contributed by atoms with E-state index in [9.17, 15) is 4.79 Å². The molecule has 4 bridgehead atoms. The molecule has 6 rings (SSSR count). The molecule has 1 amide bonds. The van der Waals surface area contributed by atoms with Crippen LogP contribution in [0.5, 0.6) is 5.75 Å². The molecule has 2 atom stereocenters. The van der Waals surface area contributed by atoms with E-state index in [4.69, 9.17) is 22.1 Å². The number of hydrogen-bond acceptors (Lipinski definition) is 4. The highest BCUT2D eigenvalue weighted by Gasteiger charge is 2.40. The van der Waals surface area contributed by atoms with Gasteiger partial charge in [0, 0.05) is 18.5 Å². The lowest BCUT2D eigenvalue weighted by atomic mass is 9.82. The lowest BCUT2D eigenvalue weighted by molar-refractivity contribution is -0.108. The summed E-state index contributed by atoms with van der Waals surface area (Å²) in [7, 11) is 0. The van der Waals surface area contributed by atoms with Crippen molar-refractivity contribution in [3.05, 3.63) is 22.7 Å². The maximum atomic E-state index is 12.2. The molecule has 1 aromatic rings. The molecular weight excluding hydrogens is 350 g/mol. The lowest BCUT2D eigenvalue weighted by Gasteiger charge is -2.48. The highest BCUT2D eigenvalue weighted by Crippen LogP contribution is 2.51. The van der Waals surface area contributed by atoms with Gasteiger partial charge in [0.05, 0.1) is 22.4 Å². The highest BCUT2D eigenvalue weighted by molar-refractivity contribution is 6.34. The number of nitrogens with zero attached hydrogens (tertiary/aromatic N) is 2. The Morgan fingerprint density at radius 2 is 2.12 bits per heavy atom. The van der Waals surface area contributed by atoms with Crippen LogP contribution in [0.2, 0.25) is 5.02 Å². The molecule has 0 spiro atoms. The van der Waals surface area contributed by atoms with Gasteiger partial charge in [-0.2, -0.15) is 0 Å². The van der Waals surface area contributed by atoms with Crippen LogP contribution in [-0.2, 0) is 4.79 Å². The summed E-state index contributed by atoms with van der Waals surface area (Å²) in [5.74, 6) is 1.29. The highest BCUT2D eigenvalue weighted by atomic mass is 35.5. The molecule has 0 radical (unpaired) electrons. The quantitative estimate of drug-likeness (QED) is 0.652. The molecule has 2 unspecified atom stereocenters. The van der Waals surface area contributed by atoms with Crippen molar-refractivity contribution < 1.29 is 9.53 Å². The third kappa shape index (κ3) is 2.44. The van der Waals surface area contributed by atoms with E-state index in [-0.39, 0.29) is 12.1 Å². The number of allylic oxidation sites excluding steroid dienone is 1. The Morgan fingerprint density at radius 1 is 1.31 bits per heavy atom. The molecule has 4 heterocycles. The van der Waals surface area contributed by atoms with Gasteiger partial charge in [0.15, 0.2) is 5.75 Å². The van der Waals surface area contributed by atoms with Gasteiger partial charge in [-0.1, -0.05) is 17.7 Å². The Bertz CT molecular complexity index is 786. The van der Waals surface area contributed by atoms with E-state index >= 15 is 0 Å². The first-order valence-corrected chi connectivity index (χ1v) is 9.97. The fraction of sp³-hybridized carbons (Fsp3) is 0.550. The van der Waals surface area contributed by atoms with Crippen molar-refractivity contribution in [3.63, 3.8) is 0 Å². The Labute approximate surface area is 158 Å². The van der Waals surface area contributed by atoms with Crippen LogP contribution in [0, 0.1) is 5.92 Å². The maximum Gasteiger partial charge on any atom is 0.214 e. The third-order valence-corrected chi connectivity index (χ3v) is 6.87. The average Bonchev–Trinajstić information content (AvgIpc) is 2.67. The van der Waals surface area contributed by atoms with E-state index in [0.29, 0.717) is 16.6 Å². The van der Waals surface area contributed by atoms with Gasteiger partial charge in [-0.05, 0) is 56.3 Å². The van der Waals surface area contributed by atoms with Gasteiger partial charge in [0.25, 0.3) is 0 Å². The number of carbonyl (C=O) groups is 1. The van der Waals surface area contributed by atoms with Crippen molar-refractivity contribution in [2.24, 2.45) is 5.92 Å². The topological polar surface area (TPSA) is 58.8 Å². The molecule has 5 nitrogen and oxygen atoms in total. The number of anilines is 2. The van der Waals surface area contributed by atoms with Crippen molar-refractivity contribution >= 4 is 35.0 Å². The van der Waals surface area contributed by atoms with Crippen molar-refractivity contribution in [1.29, 1.82) is 0 Å². The summed E-state index contributed by atoms with van der Waals surface area (Å²) in [5.41, 5.74) is 9.78. The number of nitrogens with two attached hydrogens (primary N) is 1. The Balaban J connectivity index is 1.62. The second-order valence-electron chi connectivity index (χ2n) is 7.96. The zero-order valence-corrected chi connectivity index (χ0v) is 15.5. The van der Waals surface area contributed by atoms with Crippen molar-refractivity contribution in [2.45, 2.75) is 44.2 Å². The van der Waals surface area contributed by atoms with Crippen LogP contribution in [-0.4, -0.2) is 43.1 Å². The molecule has 1 aliphatic carbocycles. The predicted octanol–water partition coefficient (Wildman–Crippen LogP) is 3.31. The Kier molecular flexibility index (Phi) is 3.90. The van der Waals surface area contributed by atoms with Crippen LogP contribution in [0.25, 0.3) is 5.57 Å². The van der Waals surface area contributed by atoms with E-state index in [1.165, 1.54) is 5.57 Å². The minimum Gasteiger partial charge on any atom is -0.487 e. The first kappa shape index (κ1) is 16.5. The number of carbonyl (C=O) groups excluding carboxylic acids is 1. The molecule has 138 valence electrons. The SMILES string of the molecule is Nc1c(Cl)cc(N(C=O)C2CN3CCC2CC3)c2c1C1=CCCC(C1)O2. The summed E-state index contributed by atoms with van der Waals surface area (Å²) in [4.78, 5) is 16.5. The van der Waals surface area contributed by atoms with Gasteiger partial charge in [-0.25, -0.2) is 0 Å². The minimum atomic E-state index is 0.168. The van der Waals surface area contributed by atoms with Gasteiger partial charge in [0.1, 0.15) is 6.10 Å². The van der Waals surface area contributed by atoms with Crippen LogP contribution in [0.4, 0.5) is 11.4 Å². The number of amides is 1. The van der Waals surface area contributed by atoms with Crippen LogP contribution >= 0.6 is 11.6 Å². The molecule has 5 aliphatic rings. The van der Waals surface area contributed by atoms with Gasteiger partial charge < -0.3 is 20.3 Å². The summed E-state index contributed by atoms with van der Waals surface area (Å²) in [6.45, 7) is 3.20. The number of nitrogen functional groups attached to an aromatic ring is 1. The van der Waals surface area contributed by atoms with Crippen LogP contribution in [0.3, 0.4) is 0 Å². The number of piperidine rings is 3. The van der Waals surface area contributed by atoms with Crippen LogP contribution in [0.1, 0.15) is 37.7 Å². The first-order valence-electron chi connectivity index (χ1n) is 9.59. The van der Waals surface area contributed by atoms with Gasteiger partial charge in [-0.15, -0.1) is 0 Å². The zero-order valence-electron chi connectivity index (χ0n) is 14.8. The van der Waals surface area contributed by atoms with Crippen molar-refractivity contribution in [1.82, 2.24) is 4.90 Å². The standard InChI is InChI=1S/C20H24ClN3O2/c21-15-9-16(24(11-25)17-10-23-6-4-12(17)5-7-23)20-18(19(15)22)13-2-1-3-14(8-13)26-20/h2,9,11-12,14,17H,1,3-8,10,22H2. The van der Waals surface area contributed by atoms with E-state index < -0.39 is 0 Å². The van der Waals surface area contributed by atoms with E-state index in [1.54, 1.807) is 0 Å². The van der Waals surface area contributed by atoms with E-state index in [1.807, 2.05) is 11.0 Å². The fourth-order valence-corrected chi connectivity index (χ4v) is 5.37. The summed E-state index contributed by atoms with van der Waals surface area (Å²) < 4.78 is 6.33. The molecule has 0 aromatic heterocycles. The summed E-state index contributed by atoms with van der Waals surface area (Å²) in [6, 6.07) is 2.00. The summed E-state index contributed by atoms with van der Waals surface area (Å²) in [6.07, 6.45) is 8.54. The number of rotatable bonds is 3. The fourth-order valence-electron chi connectivity index (χ4n) is 5.17. The number of fused-ring (bicyclic) bond motifs is 7. The molecule has 0 saturated carbocycles. The zero-order chi connectivity index (χ0) is 17.8.